The number of carbonyl (C=O) groups is 1. The molecule has 1 radical (unpaired) electrons. The second-order valence-electron chi connectivity index (χ2n) is 11.4. The van der Waals surface area contributed by atoms with Crippen molar-refractivity contribution in [2.75, 3.05) is 0 Å². The largest absolute Gasteiger partial charge is 0.512 e. The van der Waals surface area contributed by atoms with Crippen molar-refractivity contribution < 1.29 is 34.4 Å². The number of allylic oxidation sites excluding steroid dienone is 2. The first kappa shape index (κ1) is 31.6. The van der Waals surface area contributed by atoms with Crippen LogP contribution in [0.2, 0.25) is 0 Å². The minimum atomic E-state index is 0. The van der Waals surface area contributed by atoms with Gasteiger partial charge in [-0.3, -0.25) is 9.78 Å². The van der Waals surface area contributed by atoms with Crippen LogP contribution in [0.5, 0.6) is 0 Å². The van der Waals surface area contributed by atoms with Gasteiger partial charge in [0.15, 0.2) is 5.78 Å². The number of furan rings is 1. The van der Waals surface area contributed by atoms with Crippen molar-refractivity contribution in [3.63, 3.8) is 0 Å². The van der Waals surface area contributed by atoms with Gasteiger partial charge in [0.2, 0.25) is 0 Å². The molecule has 1 N–H and O–H groups in total. The Morgan fingerprint density at radius 3 is 2.18 bits per heavy atom. The molecule has 7 aromatic rings. The zero-order valence-electron chi connectivity index (χ0n) is 25.8. The van der Waals surface area contributed by atoms with Crippen molar-refractivity contribution in [2.24, 2.45) is 11.8 Å². The van der Waals surface area contributed by atoms with E-state index in [2.05, 4.69) is 47.4 Å². The first-order valence-electron chi connectivity index (χ1n) is 15.4. The quantitative estimate of drug-likeness (QED) is 0.0576. The minimum absolute atomic E-state index is 0. The number of aliphatic hydroxyl groups is 1. The third kappa shape index (κ3) is 5.25. The van der Waals surface area contributed by atoms with E-state index in [4.69, 9.17) is 9.40 Å². The smallest absolute Gasteiger partial charge is 0.162 e. The van der Waals surface area contributed by atoms with Crippen molar-refractivity contribution in [1.29, 1.82) is 0 Å². The van der Waals surface area contributed by atoms with Crippen LogP contribution in [0.4, 0.5) is 0 Å². The Balaban J connectivity index is 0.000000209. The van der Waals surface area contributed by atoms with E-state index in [9.17, 15) is 9.90 Å². The minimum Gasteiger partial charge on any atom is -0.512 e. The average Bonchev–Trinajstić information content (AvgIpc) is 3.39. The molecule has 5 aromatic carbocycles. The number of aliphatic hydroxyl groups excluding tert-OH is 1. The van der Waals surface area contributed by atoms with E-state index in [1.54, 1.807) is 6.33 Å². The molecule has 44 heavy (non-hydrogen) atoms. The fourth-order valence-electron chi connectivity index (χ4n) is 6.53. The molecule has 7 rings (SSSR count). The SMILES string of the molecule is CCC(CC)C(=O)/C=C(\O)C(CC)CC.Cc1oc2c3ccccc3c3ncnc4c5[c-]c6ccccc6cc5c1c2c43.[Ir]. The second-order valence-corrected chi connectivity index (χ2v) is 11.4. The molecular formula is C38H37IrN2O3-. The van der Waals surface area contributed by atoms with Crippen molar-refractivity contribution >= 4 is 70.9 Å². The number of hydrogen-bond donors (Lipinski definition) is 1. The number of aromatic nitrogens is 2. The second kappa shape index (κ2) is 13.0. The molecule has 0 spiro atoms. The molecule has 6 heteroatoms. The zero-order chi connectivity index (χ0) is 30.2. The number of rotatable bonds is 7. The number of hydrogen-bond acceptors (Lipinski definition) is 5. The van der Waals surface area contributed by atoms with Crippen molar-refractivity contribution in [1.82, 2.24) is 9.97 Å². The van der Waals surface area contributed by atoms with Gasteiger partial charge in [-0.1, -0.05) is 86.3 Å². The zero-order valence-corrected chi connectivity index (χ0v) is 28.2. The molecule has 5 nitrogen and oxygen atoms in total. The first-order chi connectivity index (χ1) is 20.9. The molecule has 0 aliphatic heterocycles. The van der Waals surface area contributed by atoms with Gasteiger partial charge in [-0.05, 0) is 38.0 Å². The van der Waals surface area contributed by atoms with Crippen molar-refractivity contribution in [3.05, 3.63) is 84.6 Å². The average molecular weight is 762 g/mol. The van der Waals surface area contributed by atoms with Crippen LogP contribution in [0.25, 0.3) is 65.1 Å². The van der Waals surface area contributed by atoms with Crippen LogP contribution in [0, 0.1) is 24.8 Å². The van der Waals surface area contributed by atoms with Crippen LogP contribution in [0.3, 0.4) is 0 Å². The Labute approximate surface area is 271 Å². The van der Waals surface area contributed by atoms with E-state index in [0.29, 0.717) is 0 Å². The van der Waals surface area contributed by atoms with Crippen molar-refractivity contribution in [2.45, 2.75) is 60.3 Å². The molecule has 2 heterocycles. The number of aryl methyl sites for hydroxylation is 1. The van der Waals surface area contributed by atoms with Gasteiger partial charge >= 0.3 is 0 Å². The van der Waals surface area contributed by atoms with Crippen LogP contribution in [0.15, 0.2) is 77.2 Å². The van der Waals surface area contributed by atoms with Gasteiger partial charge in [-0.15, -0.1) is 23.6 Å². The summed E-state index contributed by atoms with van der Waals surface area (Å²) in [5, 5.41) is 19.7. The summed E-state index contributed by atoms with van der Waals surface area (Å²) in [6.07, 6.45) is 6.57. The molecule has 0 amide bonds. The van der Waals surface area contributed by atoms with Gasteiger partial charge in [-0.2, -0.15) is 0 Å². The monoisotopic (exact) mass is 762 g/mol. The molecule has 0 aliphatic carbocycles. The summed E-state index contributed by atoms with van der Waals surface area (Å²) in [7, 11) is 0. The Hall–Kier alpha value is -3.86. The van der Waals surface area contributed by atoms with E-state index in [1.165, 1.54) is 11.5 Å². The third-order valence-corrected chi connectivity index (χ3v) is 8.99. The summed E-state index contributed by atoms with van der Waals surface area (Å²) in [5.41, 5.74) is 2.84. The summed E-state index contributed by atoms with van der Waals surface area (Å²) >= 11 is 0. The van der Waals surface area contributed by atoms with Gasteiger partial charge in [0.05, 0.1) is 11.3 Å². The number of benzene rings is 5. The molecule has 0 atom stereocenters. The predicted octanol–water partition coefficient (Wildman–Crippen LogP) is 10.4. The van der Waals surface area contributed by atoms with Crippen LogP contribution < -0.4 is 0 Å². The van der Waals surface area contributed by atoms with Gasteiger partial charge in [-0.25, -0.2) is 4.98 Å². The number of ketones is 1. The van der Waals surface area contributed by atoms with Gasteiger partial charge < -0.3 is 9.52 Å². The predicted molar refractivity (Wildman–Crippen MR) is 178 cm³/mol. The first-order valence-corrected chi connectivity index (χ1v) is 15.4. The molecule has 2 aromatic heterocycles. The van der Waals surface area contributed by atoms with Gasteiger partial charge in [0, 0.05) is 65.1 Å². The molecule has 227 valence electrons. The fourth-order valence-corrected chi connectivity index (χ4v) is 6.53. The van der Waals surface area contributed by atoms with Crippen LogP contribution in [0.1, 0.15) is 59.1 Å². The molecule has 0 saturated heterocycles. The summed E-state index contributed by atoms with van der Waals surface area (Å²) < 4.78 is 6.34. The fraction of sp³-hybridized carbons (Fsp3) is 0.289. The van der Waals surface area contributed by atoms with E-state index in [-0.39, 0.29) is 43.5 Å². The Morgan fingerprint density at radius 1 is 0.841 bits per heavy atom. The summed E-state index contributed by atoms with van der Waals surface area (Å²) in [5.74, 6) is 1.47. The van der Waals surface area contributed by atoms with Gasteiger partial charge in [0.25, 0.3) is 0 Å². The number of carbonyl (C=O) groups excluding carboxylic acids is 1. The topological polar surface area (TPSA) is 76.2 Å². The van der Waals surface area contributed by atoms with Crippen LogP contribution >= 0.6 is 0 Å². The third-order valence-electron chi connectivity index (χ3n) is 8.99. The van der Waals surface area contributed by atoms with E-state index in [0.717, 1.165) is 91.1 Å². The standard InChI is InChI=1S/C25H13N2O.C13H24O2.Ir/c1-13-20-18-10-14-6-2-3-7-15(14)11-19(18)24-22-21(20)25(28-13)17-9-5-4-8-16(17)23(22)26-12-27-24;1-5-10(6-2)12(14)9-13(15)11(7-3)8-4;/h2-10,12H,1H3;9-11,14H,5-8H2,1-4H3;/q-1;;/b;12-9-;. The maximum absolute atomic E-state index is 11.7. The number of fused-ring (bicyclic) bond motifs is 7. The Bertz CT molecular complexity index is 2140. The Kier molecular flexibility index (Phi) is 9.34. The summed E-state index contributed by atoms with van der Waals surface area (Å²) in [6.45, 7) is 10.1. The molecular weight excluding hydrogens is 725 g/mol. The van der Waals surface area contributed by atoms with Crippen molar-refractivity contribution in [3.8, 4) is 0 Å². The summed E-state index contributed by atoms with van der Waals surface area (Å²) in [6, 6.07) is 22.5. The van der Waals surface area contributed by atoms with E-state index < -0.39 is 0 Å². The molecule has 0 fully saturated rings. The maximum atomic E-state index is 11.7. The van der Waals surface area contributed by atoms with Gasteiger partial charge in [0.1, 0.15) is 17.7 Å². The summed E-state index contributed by atoms with van der Waals surface area (Å²) in [4.78, 5) is 21.1. The molecule has 0 bridgehead atoms. The van der Waals surface area contributed by atoms with E-state index in [1.807, 2.05) is 52.8 Å². The van der Waals surface area contributed by atoms with Crippen LogP contribution in [-0.2, 0) is 24.9 Å². The van der Waals surface area contributed by atoms with E-state index >= 15 is 0 Å². The number of nitrogens with zero attached hydrogens (tertiary/aromatic N) is 2. The maximum Gasteiger partial charge on any atom is 0.162 e. The molecule has 0 saturated carbocycles. The Morgan fingerprint density at radius 2 is 1.48 bits per heavy atom. The normalized spacial score (nSPS) is 12.2. The van der Waals surface area contributed by atoms with Crippen LogP contribution in [-0.4, -0.2) is 20.9 Å². The molecule has 0 unspecified atom stereocenters. The molecule has 0 aliphatic rings.